The van der Waals surface area contributed by atoms with E-state index in [0.29, 0.717) is 12.3 Å². The van der Waals surface area contributed by atoms with Crippen molar-refractivity contribution in [1.82, 2.24) is 4.90 Å². The monoisotopic (exact) mass is 292 g/mol. The van der Waals surface area contributed by atoms with E-state index in [9.17, 15) is 4.79 Å². The quantitative estimate of drug-likeness (QED) is 0.797. The number of anilines is 1. The number of hydrogen-bond acceptors (Lipinski definition) is 5. The summed E-state index contributed by atoms with van der Waals surface area (Å²) >= 11 is 1.60. The number of benzene rings is 1. The Labute approximate surface area is 124 Å². The summed E-state index contributed by atoms with van der Waals surface area (Å²) in [5.74, 6) is 0.438. The molecule has 0 saturated heterocycles. The number of carbonyl (C=O) groups excluding carboxylic acids is 1. The van der Waals surface area contributed by atoms with Gasteiger partial charge in [-0.25, -0.2) is 0 Å². The summed E-state index contributed by atoms with van der Waals surface area (Å²) in [6.45, 7) is 3.90. The summed E-state index contributed by atoms with van der Waals surface area (Å²) in [6.07, 6.45) is 0. The van der Waals surface area contributed by atoms with E-state index in [-0.39, 0.29) is 5.97 Å². The molecular weight excluding hydrogens is 272 g/mol. The standard InChI is InChI=1S/C15H20N2O2S/c1-12(18)19-13-10-17(9-8-16(2)3)14-6-4-5-7-15(14)20-11-13/h4-7,11H,8-10H2,1-3H3. The number of fused-ring (bicyclic) bond motifs is 1. The van der Waals surface area contributed by atoms with Crippen LogP contribution in [0.5, 0.6) is 0 Å². The van der Waals surface area contributed by atoms with Crippen LogP contribution in [-0.2, 0) is 9.53 Å². The van der Waals surface area contributed by atoms with Gasteiger partial charge in [-0.2, -0.15) is 0 Å². The van der Waals surface area contributed by atoms with Gasteiger partial charge in [0, 0.05) is 30.3 Å². The molecule has 0 unspecified atom stereocenters. The Morgan fingerprint density at radius 1 is 1.40 bits per heavy atom. The lowest BCUT2D eigenvalue weighted by molar-refractivity contribution is -0.136. The number of likely N-dealkylation sites (N-methyl/N-ethyl adjacent to an activating group) is 1. The summed E-state index contributed by atoms with van der Waals surface area (Å²) in [7, 11) is 4.11. The molecule has 0 atom stereocenters. The highest BCUT2D eigenvalue weighted by Crippen LogP contribution is 2.35. The van der Waals surface area contributed by atoms with Gasteiger partial charge in [-0.3, -0.25) is 4.79 Å². The average Bonchev–Trinajstić information content (AvgIpc) is 2.56. The van der Waals surface area contributed by atoms with Gasteiger partial charge >= 0.3 is 5.97 Å². The number of para-hydroxylation sites is 1. The summed E-state index contributed by atoms with van der Waals surface area (Å²) in [5, 5.41) is 1.93. The molecule has 0 spiro atoms. The highest BCUT2D eigenvalue weighted by atomic mass is 32.2. The van der Waals surface area contributed by atoms with E-state index in [0.717, 1.165) is 13.1 Å². The van der Waals surface area contributed by atoms with Gasteiger partial charge in [0.2, 0.25) is 0 Å². The second kappa shape index (κ2) is 6.81. The van der Waals surface area contributed by atoms with Crippen LogP contribution in [-0.4, -0.2) is 44.6 Å². The van der Waals surface area contributed by atoms with Crippen LogP contribution in [0, 0.1) is 0 Å². The lowest BCUT2D eigenvalue weighted by Gasteiger charge is -2.26. The van der Waals surface area contributed by atoms with Gasteiger partial charge in [0.15, 0.2) is 0 Å². The Morgan fingerprint density at radius 2 is 2.15 bits per heavy atom. The molecule has 0 N–H and O–H groups in total. The van der Waals surface area contributed by atoms with Gasteiger partial charge in [-0.15, -0.1) is 0 Å². The summed E-state index contributed by atoms with van der Waals surface area (Å²) < 4.78 is 5.29. The first-order valence-electron chi connectivity index (χ1n) is 6.59. The zero-order valence-electron chi connectivity index (χ0n) is 12.1. The zero-order chi connectivity index (χ0) is 14.5. The van der Waals surface area contributed by atoms with Crippen molar-refractivity contribution in [2.45, 2.75) is 11.8 Å². The molecule has 0 radical (unpaired) electrons. The second-order valence-electron chi connectivity index (χ2n) is 4.99. The summed E-state index contributed by atoms with van der Waals surface area (Å²) in [4.78, 5) is 16.8. The molecule has 1 heterocycles. The Kier molecular flexibility index (Phi) is 5.09. The second-order valence-corrected chi connectivity index (χ2v) is 5.90. The smallest absolute Gasteiger partial charge is 0.307 e. The zero-order valence-corrected chi connectivity index (χ0v) is 12.9. The van der Waals surface area contributed by atoms with Crippen molar-refractivity contribution in [3.05, 3.63) is 35.4 Å². The minimum absolute atomic E-state index is 0.268. The van der Waals surface area contributed by atoms with E-state index in [1.165, 1.54) is 17.5 Å². The van der Waals surface area contributed by atoms with Crippen molar-refractivity contribution < 1.29 is 9.53 Å². The lowest BCUT2D eigenvalue weighted by atomic mass is 10.2. The fourth-order valence-electron chi connectivity index (χ4n) is 2.02. The molecular formula is C15H20N2O2S. The number of thioether (sulfide) groups is 1. The topological polar surface area (TPSA) is 32.8 Å². The van der Waals surface area contributed by atoms with Crippen LogP contribution in [0.3, 0.4) is 0 Å². The third-order valence-electron chi connectivity index (χ3n) is 2.96. The maximum atomic E-state index is 11.2. The molecule has 0 amide bonds. The molecule has 108 valence electrons. The number of ether oxygens (including phenoxy) is 1. The van der Waals surface area contributed by atoms with E-state index in [4.69, 9.17) is 4.74 Å². The Balaban J connectivity index is 2.21. The first-order valence-corrected chi connectivity index (χ1v) is 7.47. The van der Waals surface area contributed by atoms with Crippen molar-refractivity contribution in [3.8, 4) is 0 Å². The molecule has 0 aliphatic carbocycles. The summed E-state index contributed by atoms with van der Waals surface area (Å²) in [6, 6.07) is 8.28. The third-order valence-corrected chi connectivity index (χ3v) is 3.94. The highest BCUT2D eigenvalue weighted by Gasteiger charge is 2.18. The third kappa shape index (κ3) is 4.02. The van der Waals surface area contributed by atoms with Crippen molar-refractivity contribution in [1.29, 1.82) is 0 Å². The van der Waals surface area contributed by atoms with E-state index >= 15 is 0 Å². The molecule has 0 aromatic heterocycles. The van der Waals surface area contributed by atoms with E-state index < -0.39 is 0 Å². The number of esters is 1. The van der Waals surface area contributed by atoms with Gasteiger partial charge in [-0.05, 0) is 26.2 Å². The van der Waals surface area contributed by atoms with Crippen LogP contribution >= 0.6 is 11.8 Å². The molecule has 0 saturated carbocycles. The Morgan fingerprint density at radius 3 is 2.85 bits per heavy atom. The van der Waals surface area contributed by atoms with Crippen molar-refractivity contribution >= 4 is 23.4 Å². The first kappa shape index (κ1) is 14.9. The largest absolute Gasteiger partial charge is 0.429 e. The maximum absolute atomic E-state index is 11.2. The minimum Gasteiger partial charge on any atom is -0.429 e. The first-order chi connectivity index (χ1) is 9.56. The molecule has 2 rings (SSSR count). The normalized spacial score (nSPS) is 14.6. The fraction of sp³-hybridized carbons (Fsp3) is 0.400. The molecule has 5 heteroatoms. The van der Waals surface area contributed by atoms with Crippen LogP contribution in [0.15, 0.2) is 40.3 Å². The van der Waals surface area contributed by atoms with Crippen LogP contribution in [0.4, 0.5) is 5.69 Å². The lowest BCUT2D eigenvalue weighted by Crippen LogP contribution is -2.33. The molecule has 0 bridgehead atoms. The van der Waals surface area contributed by atoms with Crippen LogP contribution in [0.25, 0.3) is 0 Å². The molecule has 1 aromatic rings. The number of hydrogen-bond donors (Lipinski definition) is 0. The Bertz CT molecular complexity index is 514. The van der Waals surface area contributed by atoms with Crippen molar-refractivity contribution in [3.63, 3.8) is 0 Å². The molecule has 4 nitrogen and oxygen atoms in total. The van der Waals surface area contributed by atoms with Gasteiger partial charge in [-0.1, -0.05) is 23.9 Å². The maximum Gasteiger partial charge on any atom is 0.307 e. The van der Waals surface area contributed by atoms with Crippen molar-refractivity contribution in [2.24, 2.45) is 0 Å². The molecule has 1 aromatic carbocycles. The van der Waals surface area contributed by atoms with Crippen LogP contribution < -0.4 is 4.90 Å². The predicted octanol–water partition coefficient (Wildman–Crippen LogP) is 2.56. The van der Waals surface area contributed by atoms with Gasteiger partial charge < -0.3 is 14.5 Å². The van der Waals surface area contributed by atoms with E-state index in [1.54, 1.807) is 11.8 Å². The van der Waals surface area contributed by atoms with E-state index in [2.05, 4.69) is 36.0 Å². The fourth-order valence-corrected chi connectivity index (χ4v) is 2.88. The van der Waals surface area contributed by atoms with Crippen LogP contribution in [0.2, 0.25) is 0 Å². The summed E-state index contributed by atoms with van der Waals surface area (Å²) in [5.41, 5.74) is 1.19. The van der Waals surface area contributed by atoms with Gasteiger partial charge in [0.05, 0.1) is 12.2 Å². The van der Waals surface area contributed by atoms with Crippen molar-refractivity contribution in [2.75, 3.05) is 38.6 Å². The van der Waals surface area contributed by atoms with Gasteiger partial charge in [0.1, 0.15) is 5.76 Å². The van der Waals surface area contributed by atoms with Crippen LogP contribution in [0.1, 0.15) is 6.92 Å². The number of nitrogens with zero attached hydrogens (tertiary/aromatic N) is 2. The molecule has 1 aliphatic rings. The average molecular weight is 292 g/mol. The SMILES string of the molecule is CC(=O)OC1=CSc2ccccc2N(CCN(C)C)C1. The Hall–Kier alpha value is -1.46. The molecule has 1 aliphatic heterocycles. The number of rotatable bonds is 4. The predicted molar refractivity (Wildman–Crippen MR) is 82.9 cm³/mol. The minimum atomic E-state index is -0.268. The highest BCUT2D eigenvalue weighted by molar-refractivity contribution is 8.02. The van der Waals surface area contributed by atoms with Gasteiger partial charge in [0.25, 0.3) is 0 Å². The van der Waals surface area contributed by atoms with E-state index in [1.807, 2.05) is 17.5 Å². The molecule has 20 heavy (non-hydrogen) atoms. The number of carbonyl (C=O) groups is 1. The molecule has 0 fully saturated rings.